The number of hydrogen-bond donors (Lipinski definition) is 1. The Morgan fingerprint density at radius 2 is 1.78 bits per heavy atom. The quantitative estimate of drug-likeness (QED) is 0.634. The third-order valence-electron chi connectivity index (χ3n) is 4.09. The molecule has 1 aromatic heterocycles. The number of hydrazine groups is 1. The zero-order valence-electron chi connectivity index (χ0n) is 15.7. The minimum Gasteiger partial charge on any atom is -0.461 e. The number of furan rings is 1. The van der Waals surface area contributed by atoms with Gasteiger partial charge in [-0.1, -0.05) is 23.7 Å². The van der Waals surface area contributed by atoms with Crippen molar-refractivity contribution in [2.45, 2.75) is 33.2 Å². The lowest BCUT2D eigenvalue weighted by Gasteiger charge is -2.35. The van der Waals surface area contributed by atoms with Gasteiger partial charge in [0.25, 0.3) is 11.8 Å². The van der Waals surface area contributed by atoms with Crippen LogP contribution in [0.25, 0.3) is 11.0 Å². The molecule has 0 unspecified atom stereocenters. The number of carbonyl (C=O) groups is 2. The minimum absolute atomic E-state index is 0.339. The maximum absolute atomic E-state index is 13.0. The van der Waals surface area contributed by atoms with E-state index in [0.29, 0.717) is 32.9 Å². The van der Waals surface area contributed by atoms with Crippen LogP contribution in [0.3, 0.4) is 0 Å². The molecule has 1 heterocycles. The summed E-state index contributed by atoms with van der Waals surface area (Å²) >= 11 is 6.01. The molecular weight excluding hydrogens is 364 g/mol. The van der Waals surface area contributed by atoms with Gasteiger partial charge in [0.05, 0.1) is 11.1 Å². The van der Waals surface area contributed by atoms with Gasteiger partial charge in [0.15, 0.2) is 0 Å². The average Bonchev–Trinajstić information content (AvgIpc) is 2.97. The lowest BCUT2D eigenvalue weighted by molar-refractivity contribution is 0.0359. The number of hydrogen-bond acceptors (Lipinski definition) is 3. The molecule has 0 spiro atoms. The first-order chi connectivity index (χ1) is 12.7. The summed E-state index contributed by atoms with van der Waals surface area (Å²) < 4.78 is 5.59. The minimum atomic E-state index is -0.644. The van der Waals surface area contributed by atoms with Crippen molar-refractivity contribution in [1.82, 2.24) is 10.4 Å². The molecule has 0 atom stereocenters. The Labute approximate surface area is 162 Å². The summed E-state index contributed by atoms with van der Waals surface area (Å²) in [5.74, 6) is -0.00599. The van der Waals surface area contributed by atoms with Gasteiger partial charge in [0.2, 0.25) is 0 Å². The van der Waals surface area contributed by atoms with Crippen LogP contribution in [0.2, 0.25) is 5.02 Å². The van der Waals surface area contributed by atoms with E-state index in [4.69, 9.17) is 16.0 Å². The molecule has 0 bridgehead atoms. The van der Waals surface area contributed by atoms with E-state index in [9.17, 15) is 9.59 Å². The summed E-state index contributed by atoms with van der Waals surface area (Å²) in [5.41, 5.74) is 3.58. The standard InChI is InChI=1S/C21H21ClN2O3/c1-13-11-17-16(9-6-10-18(17)27-13)19(25)23-24(21(2,3)4)20(26)14-7-5-8-15(22)12-14/h5-12H,1-4H3,(H,23,25). The number of benzene rings is 2. The van der Waals surface area contributed by atoms with Crippen molar-refractivity contribution in [3.05, 3.63) is 70.4 Å². The summed E-state index contributed by atoms with van der Waals surface area (Å²) in [6, 6.07) is 13.7. The van der Waals surface area contributed by atoms with Crippen molar-refractivity contribution >= 4 is 34.4 Å². The number of halogens is 1. The van der Waals surface area contributed by atoms with E-state index in [2.05, 4.69) is 5.43 Å². The highest BCUT2D eigenvalue weighted by Gasteiger charge is 2.30. The van der Waals surface area contributed by atoms with Gasteiger partial charge in [-0.3, -0.25) is 15.0 Å². The van der Waals surface area contributed by atoms with Crippen molar-refractivity contribution in [3.8, 4) is 0 Å². The fourth-order valence-corrected chi connectivity index (χ4v) is 3.01. The summed E-state index contributed by atoms with van der Waals surface area (Å²) in [6.45, 7) is 7.36. The summed E-state index contributed by atoms with van der Waals surface area (Å²) in [4.78, 5) is 26.0. The third kappa shape index (κ3) is 3.98. The van der Waals surface area contributed by atoms with Crippen molar-refractivity contribution in [2.75, 3.05) is 0 Å². The second kappa shape index (κ2) is 7.08. The van der Waals surface area contributed by atoms with Crippen LogP contribution in [0.4, 0.5) is 0 Å². The van der Waals surface area contributed by atoms with Gasteiger partial charge >= 0.3 is 0 Å². The van der Waals surface area contributed by atoms with Crippen LogP contribution in [-0.2, 0) is 0 Å². The molecule has 0 saturated heterocycles. The molecule has 0 radical (unpaired) electrons. The molecule has 0 aliphatic carbocycles. The van der Waals surface area contributed by atoms with Crippen LogP contribution in [0.1, 0.15) is 47.2 Å². The number of nitrogens with zero attached hydrogens (tertiary/aromatic N) is 1. The van der Waals surface area contributed by atoms with E-state index in [-0.39, 0.29) is 11.8 Å². The van der Waals surface area contributed by atoms with Crippen LogP contribution in [0, 0.1) is 6.92 Å². The molecule has 0 saturated carbocycles. The zero-order chi connectivity index (χ0) is 19.8. The topological polar surface area (TPSA) is 62.6 Å². The lowest BCUT2D eigenvalue weighted by Crippen LogP contribution is -2.55. The molecule has 0 fully saturated rings. The fraction of sp³-hybridized carbons (Fsp3) is 0.238. The second-order valence-electron chi connectivity index (χ2n) is 7.34. The zero-order valence-corrected chi connectivity index (χ0v) is 16.4. The van der Waals surface area contributed by atoms with E-state index in [0.717, 1.165) is 0 Å². The molecule has 3 rings (SSSR count). The van der Waals surface area contributed by atoms with Gasteiger partial charge in [-0.25, -0.2) is 5.01 Å². The first-order valence-corrected chi connectivity index (χ1v) is 8.95. The Bertz CT molecular complexity index is 1020. The molecule has 6 heteroatoms. The number of aryl methyl sites for hydroxylation is 1. The van der Waals surface area contributed by atoms with Gasteiger partial charge < -0.3 is 4.42 Å². The van der Waals surface area contributed by atoms with Crippen LogP contribution in [0.15, 0.2) is 52.9 Å². The van der Waals surface area contributed by atoms with Crippen molar-refractivity contribution in [2.24, 2.45) is 0 Å². The lowest BCUT2D eigenvalue weighted by atomic mass is 10.1. The molecule has 2 aromatic carbocycles. The van der Waals surface area contributed by atoms with Crippen LogP contribution >= 0.6 is 11.6 Å². The first kappa shape index (κ1) is 19.0. The highest BCUT2D eigenvalue weighted by atomic mass is 35.5. The van der Waals surface area contributed by atoms with Gasteiger partial charge in [-0.05, 0) is 64.1 Å². The van der Waals surface area contributed by atoms with Crippen molar-refractivity contribution in [3.63, 3.8) is 0 Å². The Kier molecular flexibility index (Phi) is 4.98. The van der Waals surface area contributed by atoms with Gasteiger partial charge in [-0.2, -0.15) is 0 Å². The monoisotopic (exact) mass is 384 g/mol. The molecule has 0 aliphatic rings. The van der Waals surface area contributed by atoms with Gasteiger partial charge in [0.1, 0.15) is 11.3 Å². The Hall–Kier alpha value is -2.79. The normalized spacial score (nSPS) is 11.4. The highest BCUT2D eigenvalue weighted by molar-refractivity contribution is 6.31. The largest absolute Gasteiger partial charge is 0.461 e. The summed E-state index contributed by atoms with van der Waals surface area (Å²) in [6.07, 6.45) is 0. The van der Waals surface area contributed by atoms with Gasteiger partial charge in [0, 0.05) is 16.0 Å². The Balaban J connectivity index is 1.95. The van der Waals surface area contributed by atoms with Crippen LogP contribution in [-0.4, -0.2) is 22.4 Å². The van der Waals surface area contributed by atoms with Crippen molar-refractivity contribution in [1.29, 1.82) is 0 Å². The Morgan fingerprint density at radius 3 is 2.44 bits per heavy atom. The molecule has 2 amide bonds. The maximum Gasteiger partial charge on any atom is 0.272 e. The average molecular weight is 385 g/mol. The number of amides is 2. The number of carbonyl (C=O) groups excluding carboxylic acids is 2. The molecular formula is C21H21ClN2O3. The number of rotatable bonds is 2. The number of fused-ring (bicyclic) bond motifs is 1. The van der Waals surface area contributed by atoms with Crippen LogP contribution in [0.5, 0.6) is 0 Å². The molecule has 1 N–H and O–H groups in total. The molecule has 3 aromatic rings. The van der Waals surface area contributed by atoms with E-state index in [1.807, 2.05) is 33.8 Å². The van der Waals surface area contributed by atoms with E-state index < -0.39 is 5.54 Å². The summed E-state index contributed by atoms with van der Waals surface area (Å²) in [5, 5.41) is 2.49. The predicted molar refractivity (Wildman–Crippen MR) is 106 cm³/mol. The second-order valence-corrected chi connectivity index (χ2v) is 7.77. The van der Waals surface area contributed by atoms with E-state index in [1.54, 1.807) is 42.5 Å². The van der Waals surface area contributed by atoms with E-state index in [1.165, 1.54) is 5.01 Å². The molecule has 140 valence electrons. The first-order valence-electron chi connectivity index (χ1n) is 8.57. The van der Waals surface area contributed by atoms with Crippen molar-refractivity contribution < 1.29 is 14.0 Å². The SMILES string of the molecule is Cc1cc2c(C(=O)NN(C(=O)c3cccc(Cl)c3)C(C)(C)C)cccc2o1. The maximum atomic E-state index is 13.0. The fourth-order valence-electron chi connectivity index (χ4n) is 2.82. The molecule has 0 aliphatic heterocycles. The smallest absolute Gasteiger partial charge is 0.272 e. The van der Waals surface area contributed by atoms with E-state index >= 15 is 0 Å². The Morgan fingerprint density at radius 1 is 1.07 bits per heavy atom. The summed E-state index contributed by atoms with van der Waals surface area (Å²) in [7, 11) is 0. The van der Waals surface area contributed by atoms with Crippen LogP contribution < -0.4 is 5.43 Å². The highest BCUT2D eigenvalue weighted by Crippen LogP contribution is 2.24. The van der Waals surface area contributed by atoms with Gasteiger partial charge in [-0.15, -0.1) is 0 Å². The predicted octanol–water partition coefficient (Wildman–Crippen LogP) is 4.98. The third-order valence-corrected chi connectivity index (χ3v) is 4.32. The molecule has 5 nitrogen and oxygen atoms in total. The number of nitrogens with one attached hydrogen (secondary N) is 1. The molecule has 27 heavy (non-hydrogen) atoms.